The van der Waals surface area contributed by atoms with Crippen molar-refractivity contribution in [2.24, 2.45) is 0 Å². The Balaban J connectivity index is 2.32. The van der Waals surface area contributed by atoms with Crippen molar-refractivity contribution in [1.82, 2.24) is 5.32 Å². The average molecular weight is 245 g/mol. The van der Waals surface area contributed by atoms with Crippen LogP contribution in [0.1, 0.15) is 24.1 Å². The lowest BCUT2D eigenvalue weighted by Gasteiger charge is -2.20. The Morgan fingerprint density at radius 3 is 2.71 bits per heavy atom. The van der Waals surface area contributed by atoms with E-state index < -0.39 is 12.2 Å². The minimum absolute atomic E-state index is 0.0409. The number of benzene rings is 1. The number of nitrogens with one attached hydrogen (secondary N) is 1. The van der Waals surface area contributed by atoms with E-state index in [-0.39, 0.29) is 11.7 Å². The van der Waals surface area contributed by atoms with Gasteiger partial charge in [0.1, 0.15) is 17.9 Å². The number of hydrogen-bond acceptors (Lipinski definition) is 2. The van der Waals surface area contributed by atoms with E-state index >= 15 is 0 Å². The van der Waals surface area contributed by atoms with Crippen molar-refractivity contribution in [2.75, 3.05) is 7.05 Å². The number of alkyl halides is 3. The van der Waals surface area contributed by atoms with Crippen molar-refractivity contribution in [1.29, 1.82) is 0 Å². The Morgan fingerprint density at radius 2 is 2.12 bits per heavy atom. The second-order valence-electron chi connectivity index (χ2n) is 4.26. The molecule has 2 unspecified atom stereocenters. The first-order chi connectivity index (χ1) is 7.91. The molecule has 0 spiro atoms. The molecule has 0 bridgehead atoms. The number of ether oxygens (including phenoxy) is 1. The Bertz CT molecular complexity index is 417. The molecule has 0 amide bonds. The summed E-state index contributed by atoms with van der Waals surface area (Å²) >= 11 is 0. The summed E-state index contributed by atoms with van der Waals surface area (Å²) in [5, 5.41) is 2.29. The quantitative estimate of drug-likeness (QED) is 0.865. The van der Waals surface area contributed by atoms with Gasteiger partial charge in [0.05, 0.1) is 0 Å². The van der Waals surface area contributed by atoms with Crippen LogP contribution in [0, 0.1) is 0 Å². The Labute approximate surface area is 97.8 Å². The Morgan fingerprint density at radius 1 is 1.41 bits per heavy atom. The molecular weight excluding hydrogens is 231 g/mol. The van der Waals surface area contributed by atoms with Gasteiger partial charge in [-0.25, -0.2) is 0 Å². The smallest absolute Gasteiger partial charge is 0.407 e. The third-order valence-corrected chi connectivity index (χ3v) is 2.87. The molecule has 2 rings (SSSR count). The first-order valence-corrected chi connectivity index (χ1v) is 5.45. The molecule has 2 atom stereocenters. The van der Waals surface area contributed by atoms with Crippen molar-refractivity contribution in [2.45, 2.75) is 31.7 Å². The molecular formula is C12H14F3NO. The topological polar surface area (TPSA) is 21.3 Å². The molecule has 1 N–H and O–H groups in total. The summed E-state index contributed by atoms with van der Waals surface area (Å²) in [5.74, 6) is 0.693. The summed E-state index contributed by atoms with van der Waals surface area (Å²) in [6.07, 6.45) is -3.58. The van der Waals surface area contributed by atoms with Crippen LogP contribution in [0.3, 0.4) is 0 Å². The van der Waals surface area contributed by atoms with Gasteiger partial charge in [-0.05, 0) is 31.2 Å². The first kappa shape index (κ1) is 12.2. The van der Waals surface area contributed by atoms with Crippen molar-refractivity contribution in [3.63, 3.8) is 0 Å². The van der Waals surface area contributed by atoms with Gasteiger partial charge < -0.3 is 10.1 Å². The van der Waals surface area contributed by atoms with Crippen molar-refractivity contribution >= 4 is 0 Å². The zero-order chi connectivity index (χ0) is 12.6. The summed E-state index contributed by atoms with van der Waals surface area (Å²) in [6.45, 7) is 1.90. The minimum atomic E-state index is -4.28. The van der Waals surface area contributed by atoms with Crippen molar-refractivity contribution in [3.05, 3.63) is 29.3 Å². The van der Waals surface area contributed by atoms with Crippen LogP contribution in [0.2, 0.25) is 0 Å². The largest absolute Gasteiger partial charge is 0.490 e. The van der Waals surface area contributed by atoms with E-state index in [0.29, 0.717) is 12.2 Å². The number of fused-ring (bicyclic) bond motifs is 1. The lowest BCUT2D eigenvalue weighted by Crippen LogP contribution is -2.31. The van der Waals surface area contributed by atoms with E-state index in [9.17, 15) is 13.2 Å². The van der Waals surface area contributed by atoms with Crippen LogP contribution in [0.5, 0.6) is 5.75 Å². The molecule has 2 nitrogen and oxygen atoms in total. The van der Waals surface area contributed by atoms with Crippen LogP contribution in [0.25, 0.3) is 0 Å². The minimum Gasteiger partial charge on any atom is -0.490 e. The van der Waals surface area contributed by atoms with Crippen LogP contribution in [-0.4, -0.2) is 19.3 Å². The van der Waals surface area contributed by atoms with Gasteiger partial charge in [0.25, 0.3) is 0 Å². The molecule has 1 heterocycles. The normalized spacial score (nSPS) is 20.9. The summed E-state index contributed by atoms with van der Waals surface area (Å²) in [7, 11) is 1.31. The lowest BCUT2D eigenvalue weighted by molar-refractivity contribution is -0.156. The molecule has 0 aromatic heterocycles. The maximum Gasteiger partial charge on any atom is 0.407 e. The highest BCUT2D eigenvalue weighted by atomic mass is 19.4. The van der Waals surface area contributed by atoms with Crippen LogP contribution >= 0.6 is 0 Å². The van der Waals surface area contributed by atoms with E-state index in [1.54, 1.807) is 12.1 Å². The van der Waals surface area contributed by atoms with E-state index in [1.807, 2.05) is 6.92 Å². The average Bonchev–Trinajstić information content (AvgIpc) is 2.56. The fraction of sp³-hybridized carbons (Fsp3) is 0.500. The van der Waals surface area contributed by atoms with Crippen LogP contribution in [0.15, 0.2) is 18.2 Å². The summed E-state index contributed by atoms with van der Waals surface area (Å²) in [5.41, 5.74) is 1.08. The molecule has 0 aliphatic carbocycles. The molecule has 1 aromatic rings. The zero-order valence-corrected chi connectivity index (χ0v) is 9.64. The molecule has 5 heteroatoms. The third kappa shape index (κ3) is 2.39. The van der Waals surface area contributed by atoms with Gasteiger partial charge in [0, 0.05) is 6.42 Å². The van der Waals surface area contributed by atoms with Crippen LogP contribution in [0.4, 0.5) is 13.2 Å². The maximum absolute atomic E-state index is 12.7. The summed E-state index contributed by atoms with van der Waals surface area (Å²) < 4.78 is 43.7. The van der Waals surface area contributed by atoms with E-state index in [1.165, 1.54) is 13.1 Å². The maximum atomic E-state index is 12.7. The highest BCUT2D eigenvalue weighted by Crippen LogP contribution is 2.36. The highest BCUT2D eigenvalue weighted by Gasteiger charge is 2.40. The van der Waals surface area contributed by atoms with Gasteiger partial charge in [-0.3, -0.25) is 0 Å². The van der Waals surface area contributed by atoms with Crippen molar-refractivity contribution in [3.8, 4) is 5.75 Å². The molecule has 17 heavy (non-hydrogen) atoms. The van der Waals surface area contributed by atoms with Crippen LogP contribution < -0.4 is 10.1 Å². The van der Waals surface area contributed by atoms with Crippen LogP contribution in [-0.2, 0) is 6.42 Å². The van der Waals surface area contributed by atoms with Gasteiger partial charge in [-0.2, -0.15) is 13.2 Å². The zero-order valence-electron chi connectivity index (χ0n) is 9.64. The summed E-state index contributed by atoms with van der Waals surface area (Å²) in [6, 6.07) is 3.03. The second-order valence-corrected chi connectivity index (χ2v) is 4.26. The van der Waals surface area contributed by atoms with E-state index in [2.05, 4.69) is 5.32 Å². The number of rotatable bonds is 2. The molecule has 0 saturated heterocycles. The fourth-order valence-corrected chi connectivity index (χ4v) is 2.14. The van der Waals surface area contributed by atoms with Gasteiger partial charge >= 0.3 is 6.18 Å². The molecule has 0 radical (unpaired) electrons. The van der Waals surface area contributed by atoms with Crippen molar-refractivity contribution < 1.29 is 17.9 Å². The standard InChI is InChI=1S/C12H14F3NO/c1-7-5-9-6-8(3-4-10(9)17-7)11(16-2)12(13,14)15/h3-4,6-7,11,16H,5H2,1-2H3. The molecule has 1 aromatic carbocycles. The predicted molar refractivity (Wildman–Crippen MR) is 58.1 cm³/mol. The number of halogens is 3. The molecule has 0 saturated carbocycles. The molecule has 0 fully saturated rings. The highest BCUT2D eigenvalue weighted by molar-refractivity contribution is 5.41. The fourth-order valence-electron chi connectivity index (χ4n) is 2.14. The monoisotopic (exact) mass is 245 g/mol. The molecule has 94 valence electrons. The van der Waals surface area contributed by atoms with Gasteiger partial charge in [-0.1, -0.05) is 12.1 Å². The van der Waals surface area contributed by atoms with E-state index in [0.717, 1.165) is 5.56 Å². The van der Waals surface area contributed by atoms with E-state index in [4.69, 9.17) is 4.74 Å². The van der Waals surface area contributed by atoms with Gasteiger partial charge in [-0.15, -0.1) is 0 Å². The van der Waals surface area contributed by atoms with Gasteiger partial charge in [0.15, 0.2) is 0 Å². The Kier molecular flexibility index (Phi) is 3.03. The molecule has 1 aliphatic heterocycles. The number of hydrogen-bond donors (Lipinski definition) is 1. The summed E-state index contributed by atoms with van der Waals surface area (Å²) in [4.78, 5) is 0. The predicted octanol–water partition coefficient (Wildman–Crippen LogP) is 2.83. The first-order valence-electron chi connectivity index (χ1n) is 5.45. The molecule has 1 aliphatic rings. The van der Waals surface area contributed by atoms with Gasteiger partial charge in [0.2, 0.25) is 0 Å². The Hall–Kier alpha value is -1.23. The third-order valence-electron chi connectivity index (χ3n) is 2.87. The second kappa shape index (κ2) is 4.22. The lowest BCUT2D eigenvalue weighted by atomic mass is 10.0. The SMILES string of the molecule is CNC(c1ccc2c(c1)CC(C)O2)C(F)(F)F.